The molecule has 7 nitrogen and oxygen atoms in total. The molecule has 0 heterocycles. The summed E-state index contributed by atoms with van der Waals surface area (Å²) in [5.41, 5.74) is 5.93. The first-order valence-corrected chi connectivity index (χ1v) is 8.65. The molecule has 0 aliphatic carbocycles. The Labute approximate surface area is 143 Å². The number of amidine groups is 1. The molecule has 2 N–H and O–H groups in total. The fourth-order valence-electron chi connectivity index (χ4n) is 2.32. The van der Waals surface area contributed by atoms with Crippen molar-refractivity contribution in [3.63, 3.8) is 0 Å². The summed E-state index contributed by atoms with van der Waals surface area (Å²) in [6.07, 6.45) is 0. The molecule has 0 amide bonds. The summed E-state index contributed by atoms with van der Waals surface area (Å²) >= 11 is 0. The van der Waals surface area contributed by atoms with E-state index in [1.54, 1.807) is 12.1 Å². The summed E-state index contributed by atoms with van der Waals surface area (Å²) in [5.74, 6) is -0.233. The number of nitrogens with zero attached hydrogens (tertiary/aromatic N) is 2. The first-order valence-electron chi connectivity index (χ1n) is 7.21. The van der Waals surface area contributed by atoms with Gasteiger partial charge in [0.25, 0.3) is 15.7 Å². The van der Waals surface area contributed by atoms with Crippen molar-refractivity contribution >= 4 is 32.3 Å². The van der Waals surface area contributed by atoms with Gasteiger partial charge in [-0.05, 0) is 35.0 Å². The standard InChI is InChI=1S/C17H13N3O4S/c18-17(13-5-8-15(9-6-13)20(21)22)19-25(23,24)16-10-7-12-3-1-2-4-14(12)11-16/h1-11H,(H2,18,19). The molecule has 0 aliphatic heterocycles. The van der Waals surface area contributed by atoms with Gasteiger partial charge in [-0.15, -0.1) is 4.40 Å². The summed E-state index contributed by atoms with van der Waals surface area (Å²) in [7, 11) is -4.00. The fraction of sp³-hybridized carbons (Fsp3) is 0. The van der Waals surface area contributed by atoms with Crippen LogP contribution in [0.25, 0.3) is 10.8 Å². The van der Waals surface area contributed by atoms with E-state index in [0.717, 1.165) is 10.8 Å². The van der Waals surface area contributed by atoms with Crippen LogP contribution in [0.4, 0.5) is 5.69 Å². The van der Waals surface area contributed by atoms with Crippen LogP contribution in [0, 0.1) is 10.1 Å². The maximum Gasteiger partial charge on any atom is 0.284 e. The molecule has 0 aromatic heterocycles. The Morgan fingerprint density at radius 1 is 0.960 bits per heavy atom. The Hall–Kier alpha value is -3.26. The number of nitro benzene ring substituents is 1. The molecule has 0 saturated carbocycles. The minimum absolute atomic E-state index is 0.0241. The van der Waals surface area contributed by atoms with Crippen LogP contribution in [-0.2, 0) is 10.0 Å². The minimum atomic E-state index is -4.00. The van der Waals surface area contributed by atoms with Gasteiger partial charge in [0.15, 0.2) is 0 Å². The molecule has 0 bridgehead atoms. The first kappa shape index (κ1) is 16.6. The minimum Gasteiger partial charge on any atom is -0.383 e. The zero-order valence-corrected chi connectivity index (χ0v) is 13.7. The van der Waals surface area contributed by atoms with Gasteiger partial charge in [0.2, 0.25) is 0 Å². The third-order valence-electron chi connectivity index (χ3n) is 3.61. The molecule has 0 fully saturated rings. The van der Waals surface area contributed by atoms with E-state index in [0.29, 0.717) is 0 Å². The molecule has 3 rings (SSSR count). The van der Waals surface area contributed by atoms with Gasteiger partial charge in [-0.3, -0.25) is 10.1 Å². The van der Waals surface area contributed by atoms with E-state index in [-0.39, 0.29) is 22.0 Å². The summed E-state index contributed by atoms with van der Waals surface area (Å²) in [6, 6.07) is 17.2. The van der Waals surface area contributed by atoms with Crippen LogP contribution in [0.15, 0.2) is 76.0 Å². The average molecular weight is 355 g/mol. The number of nitro groups is 1. The van der Waals surface area contributed by atoms with E-state index >= 15 is 0 Å². The predicted octanol–water partition coefficient (Wildman–Crippen LogP) is 2.84. The third-order valence-corrected chi connectivity index (χ3v) is 4.90. The highest BCUT2D eigenvalue weighted by Gasteiger charge is 2.15. The molecular weight excluding hydrogens is 342 g/mol. The largest absolute Gasteiger partial charge is 0.383 e. The number of benzene rings is 3. The van der Waals surface area contributed by atoms with Gasteiger partial charge in [0.1, 0.15) is 5.84 Å². The molecule has 0 spiro atoms. The highest BCUT2D eigenvalue weighted by Crippen LogP contribution is 2.21. The van der Waals surface area contributed by atoms with Crippen LogP contribution < -0.4 is 5.73 Å². The predicted molar refractivity (Wildman–Crippen MR) is 95.0 cm³/mol. The maximum atomic E-state index is 12.5. The Morgan fingerprint density at radius 3 is 2.24 bits per heavy atom. The second-order valence-electron chi connectivity index (χ2n) is 5.26. The first-order chi connectivity index (χ1) is 11.9. The fourth-order valence-corrected chi connectivity index (χ4v) is 3.30. The van der Waals surface area contributed by atoms with Crippen molar-refractivity contribution in [3.05, 3.63) is 82.4 Å². The van der Waals surface area contributed by atoms with Gasteiger partial charge in [0.05, 0.1) is 9.82 Å². The van der Waals surface area contributed by atoms with Crippen molar-refractivity contribution < 1.29 is 13.3 Å². The summed E-state index contributed by atoms with van der Waals surface area (Å²) in [5, 5.41) is 12.3. The summed E-state index contributed by atoms with van der Waals surface area (Å²) in [6.45, 7) is 0. The molecule has 0 aliphatic rings. The zero-order valence-electron chi connectivity index (χ0n) is 12.9. The SMILES string of the molecule is N/C(=N\S(=O)(=O)c1ccc2ccccc2c1)c1ccc([N+](=O)[O-])cc1. The molecule has 25 heavy (non-hydrogen) atoms. The van der Waals surface area contributed by atoms with Crippen molar-refractivity contribution in [1.82, 2.24) is 0 Å². The molecule has 0 unspecified atom stereocenters. The third kappa shape index (κ3) is 3.48. The molecule has 0 saturated heterocycles. The molecule has 3 aromatic carbocycles. The van der Waals surface area contributed by atoms with Crippen LogP contribution in [0.3, 0.4) is 0 Å². The highest BCUT2D eigenvalue weighted by atomic mass is 32.2. The lowest BCUT2D eigenvalue weighted by Crippen LogP contribution is -2.16. The van der Waals surface area contributed by atoms with E-state index in [4.69, 9.17) is 5.73 Å². The number of rotatable bonds is 4. The number of nitrogens with two attached hydrogens (primary N) is 1. The Balaban J connectivity index is 1.97. The Kier molecular flexibility index (Phi) is 4.20. The topological polar surface area (TPSA) is 116 Å². The van der Waals surface area contributed by atoms with Crippen molar-refractivity contribution in [1.29, 1.82) is 0 Å². The highest BCUT2D eigenvalue weighted by molar-refractivity contribution is 7.90. The van der Waals surface area contributed by atoms with Crippen molar-refractivity contribution in [2.75, 3.05) is 0 Å². The molecule has 3 aromatic rings. The summed E-state index contributed by atoms with van der Waals surface area (Å²) in [4.78, 5) is 10.1. The van der Waals surface area contributed by atoms with Gasteiger partial charge in [-0.1, -0.05) is 30.3 Å². The van der Waals surface area contributed by atoms with Gasteiger partial charge < -0.3 is 5.73 Å². The lowest BCUT2D eigenvalue weighted by molar-refractivity contribution is -0.384. The number of hydrogen-bond acceptors (Lipinski definition) is 4. The average Bonchev–Trinajstić information content (AvgIpc) is 2.61. The van der Waals surface area contributed by atoms with Crippen molar-refractivity contribution in [3.8, 4) is 0 Å². The normalized spacial score (nSPS) is 12.2. The van der Waals surface area contributed by atoms with Crippen LogP contribution in [0.5, 0.6) is 0 Å². The number of non-ortho nitro benzene ring substituents is 1. The van der Waals surface area contributed by atoms with Gasteiger partial charge in [-0.25, -0.2) is 0 Å². The quantitative estimate of drug-likeness (QED) is 0.334. The van der Waals surface area contributed by atoms with E-state index < -0.39 is 14.9 Å². The lowest BCUT2D eigenvalue weighted by atomic mass is 10.1. The molecule has 0 atom stereocenters. The number of sulfonamides is 1. The van der Waals surface area contributed by atoms with Crippen LogP contribution in [-0.4, -0.2) is 19.2 Å². The molecule has 8 heteroatoms. The second kappa shape index (κ2) is 6.33. The van der Waals surface area contributed by atoms with Gasteiger partial charge in [0, 0.05) is 17.7 Å². The Morgan fingerprint density at radius 2 is 1.60 bits per heavy atom. The van der Waals surface area contributed by atoms with E-state index in [9.17, 15) is 18.5 Å². The Bertz CT molecular complexity index is 1090. The van der Waals surface area contributed by atoms with E-state index in [1.165, 1.54) is 36.4 Å². The second-order valence-corrected chi connectivity index (χ2v) is 6.87. The number of fused-ring (bicyclic) bond motifs is 1. The van der Waals surface area contributed by atoms with E-state index in [2.05, 4.69) is 4.40 Å². The number of hydrogen-bond donors (Lipinski definition) is 1. The molecule has 0 radical (unpaired) electrons. The maximum absolute atomic E-state index is 12.5. The zero-order chi connectivity index (χ0) is 18.0. The van der Waals surface area contributed by atoms with Crippen LogP contribution >= 0.6 is 0 Å². The smallest absolute Gasteiger partial charge is 0.284 e. The van der Waals surface area contributed by atoms with Crippen LogP contribution in [0.1, 0.15) is 5.56 Å². The van der Waals surface area contributed by atoms with Crippen LogP contribution in [0.2, 0.25) is 0 Å². The van der Waals surface area contributed by atoms with Crippen molar-refractivity contribution in [2.45, 2.75) is 4.90 Å². The molecule has 126 valence electrons. The lowest BCUT2D eigenvalue weighted by Gasteiger charge is -2.04. The van der Waals surface area contributed by atoms with Gasteiger partial charge in [-0.2, -0.15) is 8.42 Å². The summed E-state index contributed by atoms with van der Waals surface area (Å²) < 4.78 is 28.5. The van der Waals surface area contributed by atoms with Gasteiger partial charge >= 0.3 is 0 Å². The van der Waals surface area contributed by atoms with E-state index in [1.807, 2.05) is 18.2 Å². The van der Waals surface area contributed by atoms with Crippen molar-refractivity contribution in [2.24, 2.45) is 10.1 Å². The monoisotopic (exact) mass is 355 g/mol. The molecular formula is C17H13N3O4S.